The average Bonchev–Trinajstić information content (AvgIpc) is 2.81. The van der Waals surface area contributed by atoms with Gasteiger partial charge in [0, 0.05) is 28.9 Å². The van der Waals surface area contributed by atoms with Gasteiger partial charge in [0.05, 0.1) is 18.8 Å². The number of carbonyl (C=O) groups is 1. The highest BCUT2D eigenvalue weighted by Gasteiger charge is 2.26. The lowest BCUT2D eigenvalue weighted by atomic mass is 10.2. The van der Waals surface area contributed by atoms with Crippen LogP contribution in [0.3, 0.4) is 0 Å². The van der Waals surface area contributed by atoms with Gasteiger partial charge in [0.1, 0.15) is 0 Å². The van der Waals surface area contributed by atoms with Crippen molar-refractivity contribution in [3.05, 3.63) is 28.0 Å². The number of morpholine rings is 1. The molecule has 0 aromatic carbocycles. The smallest absolute Gasteiger partial charge is 0.246 e. The molecule has 1 aliphatic rings. The summed E-state index contributed by atoms with van der Waals surface area (Å²) in [5.41, 5.74) is 0. The molecular weight excluding hydrogens is 262 g/mol. The SMILES string of the molecule is Cc1ccc(/C=C/C(=O)N2CC(C)OC(CO)C2)s1. The number of aryl methyl sites for hydroxylation is 1. The maximum Gasteiger partial charge on any atom is 0.246 e. The molecule has 0 radical (unpaired) electrons. The second-order valence-corrected chi connectivity index (χ2v) is 6.10. The van der Waals surface area contributed by atoms with E-state index in [4.69, 9.17) is 9.84 Å². The Bertz CT molecular complexity index is 469. The van der Waals surface area contributed by atoms with Crippen LogP contribution in [0.15, 0.2) is 18.2 Å². The number of amides is 1. The molecule has 1 fully saturated rings. The third-order valence-corrected chi connectivity index (χ3v) is 3.96. The fraction of sp³-hybridized carbons (Fsp3) is 0.500. The summed E-state index contributed by atoms with van der Waals surface area (Å²) in [4.78, 5) is 16.1. The molecule has 1 N–H and O–H groups in total. The van der Waals surface area contributed by atoms with Crippen molar-refractivity contribution in [2.45, 2.75) is 26.1 Å². The van der Waals surface area contributed by atoms with Gasteiger partial charge in [-0.05, 0) is 32.1 Å². The highest BCUT2D eigenvalue weighted by Crippen LogP contribution is 2.17. The topological polar surface area (TPSA) is 49.8 Å². The van der Waals surface area contributed by atoms with Crippen molar-refractivity contribution in [3.8, 4) is 0 Å². The monoisotopic (exact) mass is 281 g/mol. The van der Waals surface area contributed by atoms with Crippen LogP contribution in [0.2, 0.25) is 0 Å². The van der Waals surface area contributed by atoms with E-state index in [1.54, 1.807) is 22.3 Å². The normalized spacial score (nSPS) is 24.1. The van der Waals surface area contributed by atoms with E-state index in [1.165, 1.54) is 4.88 Å². The van der Waals surface area contributed by atoms with Gasteiger partial charge in [0.25, 0.3) is 0 Å². The minimum atomic E-state index is -0.273. The lowest BCUT2D eigenvalue weighted by molar-refractivity contribution is -0.142. The van der Waals surface area contributed by atoms with Crippen LogP contribution < -0.4 is 0 Å². The van der Waals surface area contributed by atoms with Crippen LogP contribution in [0, 0.1) is 6.92 Å². The number of hydrogen-bond donors (Lipinski definition) is 1. The van der Waals surface area contributed by atoms with Gasteiger partial charge in [0.15, 0.2) is 0 Å². The Morgan fingerprint density at radius 1 is 1.58 bits per heavy atom. The number of thiophene rings is 1. The van der Waals surface area contributed by atoms with E-state index >= 15 is 0 Å². The predicted molar refractivity (Wildman–Crippen MR) is 76.1 cm³/mol. The predicted octanol–water partition coefficient (Wildman–Crippen LogP) is 1.68. The molecule has 1 saturated heterocycles. The number of carbonyl (C=O) groups excluding carboxylic acids is 1. The van der Waals surface area contributed by atoms with Gasteiger partial charge >= 0.3 is 0 Å². The van der Waals surface area contributed by atoms with Crippen molar-refractivity contribution in [1.29, 1.82) is 0 Å². The summed E-state index contributed by atoms with van der Waals surface area (Å²) in [7, 11) is 0. The average molecular weight is 281 g/mol. The molecule has 1 aromatic rings. The molecule has 0 bridgehead atoms. The van der Waals surface area contributed by atoms with Crippen molar-refractivity contribution in [2.24, 2.45) is 0 Å². The summed E-state index contributed by atoms with van der Waals surface area (Å²) < 4.78 is 5.52. The van der Waals surface area contributed by atoms with Gasteiger partial charge in [-0.3, -0.25) is 4.79 Å². The number of nitrogens with zero attached hydrogens (tertiary/aromatic N) is 1. The molecule has 2 unspecified atom stereocenters. The Hall–Kier alpha value is -1.17. The minimum Gasteiger partial charge on any atom is -0.394 e. The minimum absolute atomic E-state index is 0.0281. The fourth-order valence-corrected chi connectivity index (χ4v) is 2.91. The van der Waals surface area contributed by atoms with Gasteiger partial charge in [0.2, 0.25) is 5.91 Å². The lowest BCUT2D eigenvalue weighted by Crippen LogP contribution is -2.49. The molecule has 2 heterocycles. The molecule has 0 spiro atoms. The molecule has 104 valence electrons. The molecule has 2 atom stereocenters. The van der Waals surface area contributed by atoms with Crippen LogP contribution >= 0.6 is 11.3 Å². The third kappa shape index (κ3) is 3.89. The first kappa shape index (κ1) is 14.2. The summed E-state index contributed by atoms with van der Waals surface area (Å²) in [5, 5.41) is 9.14. The van der Waals surface area contributed by atoms with Gasteiger partial charge < -0.3 is 14.7 Å². The van der Waals surface area contributed by atoms with E-state index < -0.39 is 0 Å². The summed E-state index contributed by atoms with van der Waals surface area (Å²) in [5.74, 6) is -0.0281. The molecule has 0 saturated carbocycles. The number of ether oxygens (including phenoxy) is 1. The molecule has 1 aliphatic heterocycles. The highest BCUT2D eigenvalue weighted by atomic mass is 32.1. The molecule has 5 heteroatoms. The largest absolute Gasteiger partial charge is 0.394 e. The Morgan fingerprint density at radius 2 is 2.37 bits per heavy atom. The molecular formula is C14H19NO3S. The van der Waals surface area contributed by atoms with Gasteiger partial charge in [-0.25, -0.2) is 0 Å². The van der Waals surface area contributed by atoms with Crippen LogP contribution in [0.1, 0.15) is 16.7 Å². The molecule has 1 aromatic heterocycles. The van der Waals surface area contributed by atoms with Gasteiger partial charge in [-0.15, -0.1) is 11.3 Å². The Labute approximate surface area is 117 Å². The van der Waals surface area contributed by atoms with Crippen molar-refractivity contribution in [3.63, 3.8) is 0 Å². The maximum atomic E-state index is 12.1. The van der Waals surface area contributed by atoms with Crippen molar-refractivity contribution >= 4 is 23.3 Å². The quantitative estimate of drug-likeness (QED) is 0.858. The Morgan fingerprint density at radius 3 is 3.00 bits per heavy atom. The first-order valence-corrected chi connectivity index (χ1v) is 7.20. The second-order valence-electron chi connectivity index (χ2n) is 4.78. The molecule has 0 aliphatic carbocycles. The van der Waals surface area contributed by atoms with Crippen molar-refractivity contribution in [1.82, 2.24) is 4.90 Å². The zero-order chi connectivity index (χ0) is 13.8. The number of hydrogen-bond acceptors (Lipinski definition) is 4. The van der Waals surface area contributed by atoms with Crippen LogP contribution in [-0.4, -0.2) is 47.8 Å². The first-order valence-electron chi connectivity index (χ1n) is 6.38. The zero-order valence-corrected chi connectivity index (χ0v) is 12.0. The first-order chi connectivity index (χ1) is 9.08. The van der Waals surface area contributed by atoms with Crippen molar-refractivity contribution < 1.29 is 14.6 Å². The lowest BCUT2D eigenvalue weighted by Gasteiger charge is -2.35. The Kier molecular flexibility index (Phi) is 4.74. The van der Waals surface area contributed by atoms with Crippen LogP contribution in [0.5, 0.6) is 0 Å². The highest BCUT2D eigenvalue weighted by molar-refractivity contribution is 7.12. The maximum absolute atomic E-state index is 12.1. The van der Waals surface area contributed by atoms with E-state index in [9.17, 15) is 4.79 Å². The second kappa shape index (κ2) is 6.32. The summed E-state index contributed by atoms with van der Waals surface area (Å²) in [6.45, 7) is 4.92. The fourth-order valence-electron chi connectivity index (χ4n) is 2.13. The molecule has 2 rings (SSSR count). The van der Waals surface area contributed by atoms with Gasteiger partial charge in [-0.2, -0.15) is 0 Å². The van der Waals surface area contributed by atoms with Gasteiger partial charge in [-0.1, -0.05) is 0 Å². The third-order valence-electron chi connectivity index (χ3n) is 2.99. The number of aliphatic hydroxyl groups excluding tert-OH is 1. The van der Waals surface area contributed by atoms with E-state index in [2.05, 4.69) is 0 Å². The van der Waals surface area contributed by atoms with E-state index in [-0.39, 0.29) is 24.7 Å². The van der Waals surface area contributed by atoms with E-state index in [1.807, 2.05) is 32.1 Å². The summed E-state index contributed by atoms with van der Waals surface area (Å²) in [6.07, 6.45) is 3.13. The number of aliphatic hydroxyl groups is 1. The molecule has 1 amide bonds. The standard InChI is InChI=1S/C14H19NO3S/c1-10-7-15(8-12(9-16)18-10)14(17)6-5-13-4-3-11(2)19-13/h3-6,10,12,16H,7-9H2,1-2H3/b6-5+. The zero-order valence-electron chi connectivity index (χ0n) is 11.2. The van der Waals surface area contributed by atoms with Crippen LogP contribution in [0.25, 0.3) is 6.08 Å². The summed E-state index contributed by atoms with van der Waals surface area (Å²) >= 11 is 1.66. The van der Waals surface area contributed by atoms with Crippen molar-refractivity contribution in [2.75, 3.05) is 19.7 Å². The molecule has 19 heavy (non-hydrogen) atoms. The number of rotatable bonds is 3. The van der Waals surface area contributed by atoms with E-state index in [0.717, 1.165) is 4.88 Å². The molecule has 4 nitrogen and oxygen atoms in total. The van der Waals surface area contributed by atoms with Crippen LogP contribution in [0.4, 0.5) is 0 Å². The summed E-state index contributed by atoms with van der Waals surface area (Å²) in [6, 6.07) is 4.04. The van der Waals surface area contributed by atoms with Crippen LogP contribution in [-0.2, 0) is 9.53 Å². The Balaban J connectivity index is 1.97. The van der Waals surface area contributed by atoms with E-state index in [0.29, 0.717) is 13.1 Å².